The molecule has 4 atom stereocenters. The fraction of sp³-hybridized carbons (Fsp3) is 0.391. The predicted octanol–water partition coefficient (Wildman–Crippen LogP) is 3.00. The highest BCUT2D eigenvalue weighted by molar-refractivity contribution is 6.30. The number of hydrogen-bond acceptors (Lipinski definition) is 5. The lowest BCUT2D eigenvalue weighted by Crippen LogP contribution is -2.42. The van der Waals surface area contributed by atoms with Gasteiger partial charge in [0, 0.05) is 36.9 Å². The van der Waals surface area contributed by atoms with Gasteiger partial charge in [0.15, 0.2) is 0 Å². The first-order chi connectivity index (χ1) is 14.5. The maximum absolute atomic E-state index is 12.4. The maximum Gasteiger partial charge on any atom is 0.258 e. The van der Waals surface area contributed by atoms with Crippen LogP contribution >= 0.6 is 11.6 Å². The SMILES string of the molecule is O=c1cc(CN2C[C@H]3C[C@@H](Oc4cccc(Cl)c4)[C@H](O)C[C@H]3C2)nc2ccccn12. The molecular weight excluding hydrogens is 402 g/mol. The molecular formula is C23H24ClN3O3. The Hall–Kier alpha value is -2.41. The number of nitrogens with zero attached hydrogens (tertiary/aromatic N) is 3. The van der Waals surface area contributed by atoms with Gasteiger partial charge in [-0.25, -0.2) is 4.98 Å². The minimum atomic E-state index is -0.492. The van der Waals surface area contributed by atoms with E-state index >= 15 is 0 Å². The zero-order chi connectivity index (χ0) is 20.7. The van der Waals surface area contributed by atoms with Gasteiger partial charge in [-0.3, -0.25) is 14.1 Å². The standard InChI is InChI=1S/C23H24ClN3O3/c24-17-4-3-5-19(10-17)30-21-9-16-13-26(12-15(16)8-20(21)28)14-18-11-23(29)27-7-2-1-6-22(27)25-18/h1-7,10-11,15-16,20-21,28H,8-9,12-14H2/t15-,16+,20+,21+/m0/s1. The highest BCUT2D eigenvalue weighted by Crippen LogP contribution is 2.38. The Morgan fingerprint density at radius 2 is 1.93 bits per heavy atom. The van der Waals surface area contributed by atoms with Crippen molar-refractivity contribution in [3.63, 3.8) is 0 Å². The van der Waals surface area contributed by atoms with Crippen LogP contribution in [0.15, 0.2) is 59.5 Å². The Balaban J connectivity index is 1.27. The average molecular weight is 426 g/mol. The summed E-state index contributed by atoms with van der Waals surface area (Å²) in [5.41, 5.74) is 1.40. The normalized spacial score (nSPS) is 26.6. The predicted molar refractivity (Wildman–Crippen MR) is 115 cm³/mol. The third-order valence-electron chi connectivity index (χ3n) is 6.25. The molecule has 0 amide bonds. The van der Waals surface area contributed by atoms with Gasteiger partial charge in [-0.1, -0.05) is 23.7 Å². The van der Waals surface area contributed by atoms with Crippen LogP contribution < -0.4 is 10.3 Å². The van der Waals surface area contributed by atoms with E-state index in [1.54, 1.807) is 22.7 Å². The molecule has 0 bridgehead atoms. The van der Waals surface area contributed by atoms with E-state index in [9.17, 15) is 9.90 Å². The van der Waals surface area contributed by atoms with Crippen LogP contribution in [0.4, 0.5) is 0 Å². The second-order valence-electron chi connectivity index (χ2n) is 8.38. The largest absolute Gasteiger partial charge is 0.488 e. The number of aliphatic hydroxyl groups excluding tert-OH is 1. The second kappa shape index (κ2) is 8.02. The summed E-state index contributed by atoms with van der Waals surface area (Å²) in [6, 6.07) is 14.5. The molecule has 1 aliphatic heterocycles. The van der Waals surface area contributed by atoms with Crippen molar-refractivity contribution in [3.05, 3.63) is 75.8 Å². The molecule has 2 aliphatic rings. The average Bonchev–Trinajstić information content (AvgIpc) is 3.09. The number of halogens is 1. The Morgan fingerprint density at radius 3 is 2.77 bits per heavy atom. The lowest BCUT2D eigenvalue weighted by Gasteiger charge is -2.35. The van der Waals surface area contributed by atoms with Gasteiger partial charge in [0.05, 0.1) is 11.8 Å². The number of aromatic nitrogens is 2. The minimum absolute atomic E-state index is 0.0578. The Labute approximate surface area is 179 Å². The van der Waals surface area contributed by atoms with Gasteiger partial charge in [0.25, 0.3) is 5.56 Å². The van der Waals surface area contributed by atoms with E-state index in [0.29, 0.717) is 34.8 Å². The zero-order valence-electron chi connectivity index (χ0n) is 16.5. The number of benzene rings is 1. The molecule has 1 saturated heterocycles. The smallest absolute Gasteiger partial charge is 0.258 e. The van der Waals surface area contributed by atoms with E-state index in [0.717, 1.165) is 31.6 Å². The van der Waals surface area contributed by atoms with Crippen molar-refractivity contribution in [1.82, 2.24) is 14.3 Å². The Bertz CT molecular complexity index is 1120. The van der Waals surface area contributed by atoms with Crippen LogP contribution in [-0.2, 0) is 6.54 Å². The Morgan fingerprint density at radius 1 is 1.10 bits per heavy atom. The summed E-state index contributed by atoms with van der Waals surface area (Å²) in [5.74, 6) is 1.58. The van der Waals surface area contributed by atoms with Crippen LogP contribution in [0.1, 0.15) is 18.5 Å². The van der Waals surface area contributed by atoms with Crippen molar-refractivity contribution in [2.24, 2.45) is 11.8 Å². The van der Waals surface area contributed by atoms with E-state index in [1.807, 2.05) is 36.4 Å². The summed E-state index contributed by atoms with van der Waals surface area (Å²) in [6.45, 7) is 2.47. The number of pyridine rings is 1. The van der Waals surface area contributed by atoms with Crippen LogP contribution in [-0.4, -0.2) is 44.7 Å². The molecule has 6 nitrogen and oxygen atoms in total. The monoisotopic (exact) mass is 425 g/mol. The molecule has 1 saturated carbocycles. The number of likely N-dealkylation sites (tertiary alicyclic amines) is 1. The topological polar surface area (TPSA) is 67.1 Å². The third kappa shape index (κ3) is 3.95. The minimum Gasteiger partial charge on any atom is -0.488 e. The highest BCUT2D eigenvalue weighted by atomic mass is 35.5. The fourth-order valence-electron chi connectivity index (χ4n) is 4.87. The highest BCUT2D eigenvalue weighted by Gasteiger charge is 2.42. The lowest BCUT2D eigenvalue weighted by atomic mass is 9.78. The van der Waals surface area contributed by atoms with E-state index in [1.165, 1.54) is 0 Å². The van der Waals surface area contributed by atoms with Crippen molar-refractivity contribution in [2.45, 2.75) is 31.6 Å². The van der Waals surface area contributed by atoms with Gasteiger partial charge in [0.2, 0.25) is 0 Å². The molecule has 0 unspecified atom stereocenters. The summed E-state index contributed by atoms with van der Waals surface area (Å²) >= 11 is 6.05. The maximum atomic E-state index is 12.4. The molecule has 2 aromatic heterocycles. The van der Waals surface area contributed by atoms with Crippen LogP contribution in [0.5, 0.6) is 5.75 Å². The van der Waals surface area contributed by atoms with Gasteiger partial charge >= 0.3 is 0 Å². The number of aliphatic hydroxyl groups is 1. The molecule has 0 radical (unpaired) electrons. The number of hydrogen-bond donors (Lipinski definition) is 1. The molecule has 5 rings (SSSR count). The van der Waals surface area contributed by atoms with Gasteiger partial charge in [-0.05, 0) is 55.0 Å². The van der Waals surface area contributed by atoms with Crippen molar-refractivity contribution < 1.29 is 9.84 Å². The second-order valence-corrected chi connectivity index (χ2v) is 8.82. The number of ether oxygens (including phenoxy) is 1. The van der Waals surface area contributed by atoms with Crippen LogP contribution in [0.2, 0.25) is 5.02 Å². The molecule has 2 fully saturated rings. The fourth-order valence-corrected chi connectivity index (χ4v) is 5.05. The lowest BCUT2D eigenvalue weighted by molar-refractivity contribution is -0.0231. The first-order valence-corrected chi connectivity index (χ1v) is 10.7. The van der Waals surface area contributed by atoms with Gasteiger partial charge < -0.3 is 9.84 Å². The first-order valence-electron chi connectivity index (χ1n) is 10.3. The number of rotatable bonds is 4. The van der Waals surface area contributed by atoms with Gasteiger partial charge in [-0.2, -0.15) is 0 Å². The summed E-state index contributed by atoms with van der Waals surface area (Å²) in [7, 11) is 0. The van der Waals surface area contributed by atoms with E-state index < -0.39 is 6.10 Å². The summed E-state index contributed by atoms with van der Waals surface area (Å²) in [5, 5.41) is 11.3. The molecule has 1 N–H and O–H groups in total. The number of fused-ring (bicyclic) bond motifs is 2. The van der Waals surface area contributed by atoms with Crippen molar-refractivity contribution in [2.75, 3.05) is 13.1 Å². The van der Waals surface area contributed by atoms with Crippen LogP contribution in [0.25, 0.3) is 5.65 Å². The molecule has 1 aliphatic carbocycles. The quantitative estimate of drug-likeness (QED) is 0.696. The summed E-state index contributed by atoms with van der Waals surface area (Å²) in [6.07, 6.45) is 2.55. The molecule has 3 aromatic rings. The van der Waals surface area contributed by atoms with Gasteiger partial charge in [-0.15, -0.1) is 0 Å². The van der Waals surface area contributed by atoms with E-state index in [-0.39, 0.29) is 11.7 Å². The van der Waals surface area contributed by atoms with Crippen molar-refractivity contribution in [3.8, 4) is 5.75 Å². The van der Waals surface area contributed by atoms with Crippen molar-refractivity contribution >= 4 is 17.2 Å². The third-order valence-corrected chi connectivity index (χ3v) is 6.49. The van der Waals surface area contributed by atoms with Crippen molar-refractivity contribution in [1.29, 1.82) is 0 Å². The summed E-state index contributed by atoms with van der Waals surface area (Å²) in [4.78, 5) is 19.3. The first kappa shape index (κ1) is 19.5. The molecule has 0 spiro atoms. The van der Waals surface area contributed by atoms with Crippen LogP contribution in [0.3, 0.4) is 0 Å². The van der Waals surface area contributed by atoms with Crippen LogP contribution in [0, 0.1) is 11.8 Å². The molecule has 3 heterocycles. The molecule has 156 valence electrons. The van der Waals surface area contributed by atoms with E-state index in [4.69, 9.17) is 16.3 Å². The Kier molecular flexibility index (Phi) is 5.23. The van der Waals surface area contributed by atoms with Gasteiger partial charge in [0.1, 0.15) is 17.5 Å². The summed E-state index contributed by atoms with van der Waals surface area (Å²) < 4.78 is 7.62. The molecule has 1 aromatic carbocycles. The molecule has 30 heavy (non-hydrogen) atoms. The zero-order valence-corrected chi connectivity index (χ0v) is 17.3. The molecule has 7 heteroatoms. The van der Waals surface area contributed by atoms with E-state index in [2.05, 4.69) is 9.88 Å².